The van der Waals surface area contributed by atoms with Gasteiger partial charge in [0.05, 0.1) is 18.2 Å². The first kappa shape index (κ1) is 17.9. The number of nitriles is 1. The molecule has 0 bridgehead atoms. The molecule has 0 atom stereocenters. The fourth-order valence-electron chi connectivity index (χ4n) is 3.29. The van der Waals surface area contributed by atoms with Crippen molar-refractivity contribution < 1.29 is 9.18 Å². The highest BCUT2D eigenvalue weighted by Crippen LogP contribution is 2.28. The van der Waals surface area contributed by atoms with Gasteiger partial charge in [0.1, 0.15) is 11.5 Å². The van der Waals surface area contributed by atoms with Crippen molar-refractivity contribution in [1.82, 2.24) is 9.88 Å². The molecule has 0 radical (unpaired) electrons. The molecule has 138 valence electrons. The van der Waals surface area contributed by atoms with Crippen LogP contribution in [0.15, 0.2) is 60.4 Å². The number of benzene rings is 2. The Labute approximate surface area is 166 Å². The fraction of sp³-hybridized carbons (Fsp3) is 0.0952. The number of aryl methyl sites for hydroxylation is 1. The van der Waals surface area contributed by atoms with Crippen LogP contribution in [0.25, 0.3) is 17.0 Å². The third kappa shape index (κ3) is 3.04. The van der Waals surface area contributed by atoms with E-state index in [4.69, 9.17) is 17.5 Å². The lowest BCUT2D eigenvalue weighted by Crippen LogP contribution is -2.31. The number of thiocarbonyl (C=S) groups is 1. The Balaban J connectivity index is 1.74. The summed E-state index contributed by atoms with van der Waals surface area (Å²) in [7, 11) is 0. The zero-order valence-electron chi connectivity index (χ0n) is 14.7. The Bertz CT molecular complexity index is 1170. The Morgan fingerprint density at radius 3 is 2.71 bits per heavy atom. The molecular formula is C21H15FN4OS. The van der Waals surface area contributed by atoms with Gasteiger partial charge in [0.15, 0.2) is 5.11 Å². The van der Waals surface area contributed by atoms with Gasteiger partial charge in [-0.1, -0.05) is 30.3 Å². The number of anilines is 1. The number of para-hydroxylation sites is 2. The van der Waals surface area contributed by atoms with Crippen LogP contribution in [-0.4, -0.2) is 15.6 Å². The maximum Gasteiger partial charge on any atom is 0.281 e. The molecular weight excluding hydrogens is 375 g/mol. The molecule has 28 heavy (non-hydrogen) atoms. The molecule has 7 heteroatoms. The van der Waals surface area contributed by atoms with Crippen molar-refractivity contribution in [3.05, 3.63) is 71.8 Å². The van der Waals surface area contributed by atoms with Gasteiger partial charge in [-0.2, -0.15) is 5.26 Å². The molecule has 1 aliphatic heterocycles. The number of carbonyl (C=O) groups excluding carboxylic acids is 1. The van der Waals surface area contributed by atoms with Gasteiger partial charge in [-0.15, -0.1) is 0 Å². The Kier molecular flexibility index (Phi) is 4.63. The Hall–Kier alpha value is -3.50. The van der Waals surface area contributed by atoms with Crippen LogP contribution < -0.4 is 10.2 Å². The lowest BCUT2D eigenvalue weighted by Gasteiger charge is -2.14. The van der Waals surface area contributed by atoms with Crippen molar-refractivity contribution in [2.45, 2.75) is 13.0 Å². The highest BCUT2D eigenvalue weighted by atomic mass is 32.1. The largest absolute Gasteiger partial charge is 0.346 e. The van der Waals surface area contributed by atoms with Gasteiger partial charge in [0, 0.05) is 29.2 Å². The van der Waals surface area contributed by atoms with Crippen molar-refractivity contribution in [1.29, 1.82) is 5.26 Å². The van der Waals surface area contributed by atoms with E-state index < -0.39 is 11.7 Å². The molecule has 2 heterocycles. The number of amides is 1. The smallest absolute Gasteiger partial charge is 0.281 e. The molecule has 1 fully saturated rings. The van der Waals surface area contributed by atoms with E-state index in [0.717, 1.165) is 21.4 Å². The third-order valence-electron chi connectivity index (χ3n) is 4.56. The number of aromatic nitrogens is 1. The molecule has 5 nitrogen and oxygen atoms in total. The van der Waals surface area contributed by atoms with Gasteiger partial charge >= 0.3 is 0 Å². The Morgan fingerprint density at radius 1 is 1.18 bits per heavy atom. The van der Waals surface area contributed by atoms with Crippen molar-refractivity contribution in [3.63, 3.8) is 0 Å². The minimum Gasteiger partial charge on any atom is -0.346 e. The average molecular weight is 390 g/mol. The number of carbonyl (C=O) groups is 1. The predicted molar refractivity (Wildman–Crippen MR) is 110 cm³/mol. The minimum atomic E-state index is -0.519. The van der Waals surface area contributed by atoms with Crippen LogP contribution in [0.2, 0.25) is 0 Å². The molecule has 0 saturated carbocycles. The van der Waals surface area contributed by atoms with Gasteiger partial charge in [-0.3, -0.25) is 4.79 Å². The lowest BCUT2D eigenvalue weighted by molar-refractivity contribution is -0.113. The van der Waals surface area contributed by atoms with E-state index in [-0.39, 0.29) is 16.5 Å². The molecule has 1 saturated heterocycles. The number of hydrogen-bond donors (Lipinski definition) is 1. The van der Waals surface area contributed by atoms with Crippen molar-refractivity contribution in [2.75, 3.05) is 4.90 Å². The molecule has 4 rings (SSSR count). The van der Waals surface area contributed by atoms with Crippen molar-refractivity contribution in [3.8, 4) is 6.07 Å². The zero-order valence-corrected chi connectivity index (χ0v) is 15.5. The first-order valence-electron chi connectivity index (χ1n) is 8.66. The topological polar surface area (TPSA) is 61.1 Å². The van der Waals surface area contributed by atoms with E-state index in [2.05, 4.69) is 11.4 Å². The molecule has 3 aromatic rings. The van der Waals surface area contributed by atoms with Crippen LogP contribution in [0.1, 0.15) is 12.0 Å². The second kappa shape index (κ2) is 7.25. The zero-order chi connectivity index (χ0) is 19.7. The van der Waals surface area contributed by atoms with Crippen LogP contribution in [-0.2, 0) is 11.3 Å². The molecule has 0 spiro atoms. The van der Waals surface area contributed by atoms with Crippen LogP contribution in [0, 0.1) is 17.1 Å². The van der Waals surface area contributed by atoms with Crippen molar-refractivity contribution >= 4 is 45.9 Å². The minimum absolute atomic E-state index is 0.116. The summed E-state index contributed by atoms with van der Waals surface area (Å²) in [6.07, 6.45) is 4.00. The highest BCUT2D eigenvalue weighted by molar-refractivity contribution is 7.80. The summed E-state index contributed by atoms with van der Waals surface area (Å²) in [5, 5.41) is 12.9. The van der Waals surface area contributed by atoms with Gasteiger partial charge in [-0.05, 0) is 36.5 Å². The lowest BCUT2D eigenvalue weighted by atomic mass is 10.1. The quantitative estimate of drug-likeness (QED) is 0.541. The Morgan fingerprint density at radius 2 is 1.93 bits per heavy atom. The second-order valence-corrected chi connectivity index (χ2v) is 6.67. The van der Waals surface area contributed by atoms with E-state index in [9.17, 15) is 9.18 Å². The molecule has 1 aliphatic rings. The van der Waals surface area contributed by atoms with Crippen molar-refractivity contribution in [2.24, 2.45) is 0 Å². The molecule has 1 amide bonds. The maximum absolute atomic E-state index is 14.1. The number of hydrogen-bond acceptors (Lipinski definition) is 3. The van der Waals surface area contributed by atoms with Gasteiger partial charge < -0.3 is 9.88 Å². The van der Waals surface area contributed by atoms with Crippen LogP contribution >= 0.6 is 12.2 Å². The van der Waals surface area contributed by atoms with Gasteiger partial charge in [0.25, 0.3) is 5.91 Å². The second-order valence-electron chi connectivity index (χ2n) is 6.28. The predicted octanol–water partition coefficient (Wildman–Crippen LogP) is 3.96. The van der Waals surface area contributed by atoms with Gasteiger partial charge in [0.2, 0.25) is 0 Å². The summed E-state index contributed by atoms with van der Waals surface area (Å²) in [5.41, 5.74) is 2.19. The highest BCUT2D eigenvalue weighted by Gasteiger charge is 2.33. The number of halogens is 1. The number of nitrogens with zero attached hydrogens (tertiary/aromatic N) is 3. The van der Waals surface area contributed by atoms with Crippen LogP contribution in [0.5, 0.6) is 0 Å². The first-order chi connectivity index (χ1) is 13.6. The van der Waals surface area contributed by atoms with Gasteiger partial charge in [-0.25, -0.2) is 9.29 Å². The van der Waals surface area contributed by atoms with E-state index in [1.807, 2.05) is 35.0 Å². The summed E-state index contributed by atoms with van der Waals surface area (Å²) in [6, 6.07) is 15.9. The number of nitrogens with one attached hydrogen (secondary N) is 1. The van der Waals surface area contributed by atoms with E-state index in [1.165, 1.54) is 12.1 Å². The van der Waals surface area contributed by atoms with Crippen LogP contribution in [0.3, 0.4) is 0 Å². The fourth-order valence-corrected chi connectivity index (χ4v) is 3.58. The number of fused-ring (bicyclic) bond motifs is 1. The monoisotopic (exact) mass is 390 g/mol. The standard InChI is InChI=1S/C21H15FN4OS/c22-16-7-2-4-9-19(16)26-20(27)17(24-21(26)28)12-14-13-25(11-5-10-23)18-8-3-1-6-15(14)18/h1-4,6-9,12-13H,5,11H2,(H,24,28)/b17-12+. The summed E-state index contributed by atoms with van der Waals surface area (Å²) < 4.78 is 16.1. The summed E-state index contributed by atoms with van der Waals surface area (Å²) in [6.45, 7) is 0.557. The van der Waals surface area contributed by atoms with Crippen LogP contribution in [0.4, 0.5) is 10.1 Å². The average Bonchev–Trinajstić information content (AvgIpc) is 3.18. The molecule has 2 aromatic carbocycles. The molecule has 1 aromatic heterocycles. The number of rotatable bonds is 4. The molecule has 0 unspecified atom stereocenters. The summed E-state index contributed by atoms with van der Waals surface area (Å²) in [5.74, 6) is -0.932. The molecule has 1 N–H and O–H groups in total. The van der Waals surface area contributed by atoms with E-state index >= 15 is 0 Å². The third-order valence-corrected chi connectivity index (χ3v) is 4.84. The van der Waals surface area contributed by atoms with E-state index in [1.54, 1.807) is 18.2 Å². The first-order valence-corrected chi connectivity index (χ1v) is 9.07. The normalized spacial score (nSPS) is 15.3. The molecule has 0 aliphatic carbocycles. The maximum atomic E-state index is 14.1. The SMILES string of the molecule is N#CCCn1cc(/C=C2/NC(=S)N(c3ccccc3F)C2=O)c2ccccc21. The summed E-state index contributed by atoms with van der Waals surface area (Å²) in [4.78, 5) is 14.0. The van der Waals surface area contributed by atoms with E-state index in [0.29, 0.717) is 13.0 Å². The summed E-state index contributed by atoms with van der Waals surface area (Å²) >= 11 is 5.26.